The molecular formula is C35H40O9. The second-order valence-corrected chi connectivity index (χ2v) is 10.2. The molecule has 0 atom stereocenters. The molecular weight excluding hydrogens is 564 g/mol. The van der Waals surface area contributed by atoms with E-state index in [2.05, 4.69) is 0 Å². The van der Waals surface area contributed by atoms with Crippen LogP contribution in [0.15, 0.2) is 71.8 Å². The normalized spacial score (nSPS) is 17.3. The van der Waals surface area contributed by atoms with E-state index >= 15 is 0 Å². The van der Waals surface area contributed by atoms with Crippen LogP contribution in [-0.4, -0.2) is 56.1 Å². The van der Waals surface area contributed by atoms with Crippen LogP contribution in [-0.2, 0) is 38.1 Å². The molecule has 0 bridgehead atoms. The summed E-state index contributed by atoms with van der Waals surface area (Å²) >= 11 is 0. The van der Waals surface area contributed by atoms with Gasteiger partial charge in [-0.2, -0.15) is 0 Å². The number of esters is 4. The van der Waals surface area contributed by atoms with Gasteiger partial charge in [-0.25, -0.2) is 0 Å². The van der Waals surface area contributed by atoms with Gasteiger partial charge >= 0.3 is 23.9 Å². The van der Waals surface area contributed by atoms with E-state index in [0.717, 1.165) is 0 Å². The van der Waals surface area contributed by atoms with Gasteiger partial charge in [0, 0.05) is 24.0 Å². The Morgan fingerprint density at radius 3 is 1.48 bits per heavy atom. The molecule has 2 aromatic rings. The highest BCUT2D eigenvalue weighted by Crippen LogP contribution is 2.58. The maximum Gasteiger partial charge on any atom is 0.325 e. The quantitative estimate of drug-likeness (QED) is 0.138. The van der Waals surface area contributed by atoms with Crippen LogP contribution >= 0.6 is 0 Å². The average molecular weight is 605 g/mol. The molecule has 2 aromatic carbocycles. The average Bonchev–Trinajstić information content (AvgIpc) is 3.04. The summed E-state index contributed by atoms with van der Waals surface area (Å²) in [6.45, 7) is 9.22. The Balaban J connectivity index is 2.43. The number of hydrogen-bond donors (Lipinski definition) is 0. The number of carbonyl (C=O) groups excluding carboxylic acids is 5. The van der Waals surface area contributed by atoms with Gasteiger partial charge in [0.15, 0.2) is 16.6 Å². The summed E-state index contributed by atoms with van der Waals surface area (Å²) in [6.07, 6.45) is 0.871. The number of hydrogen-bond acceptors (Lipinski definition) is 9. The molecule has 0 aromatic heterocycles. The summed E-state index contributed by atoms with van der Waals surface area (Å²) in [7, 11) is 0. The molecule has 0 saturated heterocycles. The summed E-state index contributed by atoms with van der Waals surface area (Å²) in [5.41, 5.74) is -1.88. The van der Waals surface area contributed by atoms with Gasteiger partial charge in [-0.1, -0.05) is 60.7 Å². The third-order valence-corrected chi connectivity index (χ3v) is 7.92. The van der Waals surface area contributed by atoms with Crippen molar-refractivity contribution in [3.63, 3.8) is 0 Å². The van der Waals surface area contributed by atoms with Gasteiger partial charge in [0.1, 0.15) is 0 Å². The van der Waals surface area contributed by atoms with Crippen molar-refractivity contribution in [3.05, 3.63) is 88.5 Å². The minimum absolute atomic E-state index is 0.121. The molecule has 0 spiro atoms. The predicted octanol–water partition coefficient (Wildman–Crippen LogP) is 5.66. The number of carbonyl (C=O) groups is 5. The lowest BCUT2D eigenvalue weighted by Crippen LogP contribution is -2.64. The van der Waals surface area contributed by atoms with Gasteiger partial charge in [0.2, 0.25) is 0 Å². The van der Waals surface area contributed by atoms with Crippen molar-refractivity contribution >= 4 is 35.2 Å². The van der Waals surface area contributed by atoms with Crippen molar-refractivity contribution in [2.45, 2.75) is 54.4 Å². The number of ketones is 1. The van der Waals surface area contributed by atoms with Crippen LogP contribution in [0.4, 0.5) is 0 Å². The van der Waals surface area contributed by atoms with Crippen LogP contribution in [0.5, 0.6) is 0 Å². The zero-order valence-corrected chi connectivity index (χ0v) is 26.2. The fraction of sp³-hybridized carbons (Fsp3) is 0.400. The molecule has 3 rings (SSSR count). The summed E-state index contributed by atoms with van der Waals surface area (Å²) < 4.78 is 21.7. The molecule has 0 aliphatic heterocycles. The van der Waals surface area contributed by atoms with Crippen LogP contribution < -0.4 is 0 Å². The first-order valence-electron chi connectivity index (χ1n) is 14.8. The first-order chi connectivity index (χ1) is 21.1. The topological polar surface area (TPSA) is 122 Å². The summed E-state index contributed by atoms with van der Waals surface area (Å²) in [5, 5.41) is 0. The van der Waals surface area contributed by atoms with Crippen molar-refractivity contribution in [3.8, 4) is 0 Å². The lowest BCUT2D eigenvalue weighted by Gasteiger charge is -2.47. The Labute approximate surface area is 258 Å². The monoisotopic (exact) mass is 604 g/mol. The summed E-state index contributed by atoms with van der Waals surface area (Å²) in [5.74, 6) is -4.60. The Morgan fingerprint density at radius 1 is 0.636 bits per heavy atom. The Hall–Kier alpha value is -4.53. The van der Waals surface area contributed by atoms with E-state index in [1.165, 1.54) is 0 Å². The molecule has 0 unspecified atom stereocenters. The summed E-state index contributed by atoms with van der Waals surface area (Å²) in [4.78, 5) is 69.7. The molecule has 1 fully saturated rings. The van der Waals surface area contributed by atoms with Crippen LogP contribution in [0.25, 0.3) is 5.57 Å². The highest BCUT2D eigenvalue weighted by Gasteiger charge is 2.75. The van der Waals surface area contributed by atoms with Crippen molar-refractivity contribution in [2.75, 3.05) is 26.4 Å². The van der Waals surface area contributed by atoms with Crippen LogP contribution in [0, 0.1) is 10.8 Å². The standard InChI is InChI=1S/C35H40O9/c1-7-24-21-34(30(37)41-8-2,31(38)42-9-3)35(32(39)43-10-4,33(40)44-11-5)22-28(24)23(6)26-19-15-16-20-27(26)29(36)25-17-13-12-14-18-25/h7,12-20H,8-11,21-22H2,1-6H3/b24-7+,28-23-. The molecule has 1 saturated carbocycles. The van der Waals surface area contributed by atoms with Gasteiger partial charge in [-0.15, -0.1) is 0 Å². The SMILES string of the molecule is C/C=C1\CC(C(=O)OCC)(C(=O)OCC)C(C(=O)OCC)(C(=O)OCC)C\C1=C(/C)c1ccccc1C(=O)c1ccccc1. The largest absolute Gasteiger partial charge is 0.465 e. The van der Waals surface area contributed by atoms with Crippen LogP contribution in [0.3, 0.4) is 0 Å². The smallest absolute Gasteiger partial charge is 0.325 e. The second-order valence-electron chi connectivity index (χ2n) is 10.2. The lowest BCUT2D eigenvalue weighted by atomic mass is 9.52. The molecule has 44 heavy (non-hydrogen) atoms. The fourth-order valence-corrected chi connectivity index (χ4v) is 5.81. The van der Waals surface area contributed by atoms with E-state index in [4.69, 9.17) is 18.9 Å². The minimum atomic E-state index is -2.49. The van der Waals surface area contributed by atoms with E-state index in [1.54, 1.807) is 96.1 Å². The van der Waals surface area contributed by atoms with E-state index in [0.29, 0.717) is 33.4 Å². The zero-order valence-electron chi connectivity index (χ0n) is 26.2. The maximum atomic E-state index is 14.1. The Kier molecular flexibility index (Phi) is 11.4. The molecule has 1 aliphatic carbocycles. The molecule has 0 amide bonds. The van der Waals surface area contributed by atoms with Gasteiger partial charge in [0.25, 0.3) is 0 Å². The zero-order chi connectivity index (χ0) is 32.5. The molecule has 0 radical (unpaired) electrons. The molecule has 0 N–H and O–H groups in total. The fourth-order valence-electron chi connectivity index (χ4n) is 5.81. The second kappa shape index (κ2) is 14.8. The van der Waals surface area contributed by atoms with Crippen molar-refractivity contribution < 1.29 is 42.9 Å². The van der Waals surface area contributed by atoms with Crippen LogP contribution in [0.2, 0.25) is 0 Å². The first-order valence-corrected chi connectivity index (χ1v) is 14.8. The van der Waals surface area contributed by atoms with E-state index in [1.807, 2.05) is 6.07 Å². The van der Waals surface area contributed by atoms with Gasteiger partial charge in [-0.3, -0.25) is 24.0 Å². The third-order valence-electron chi connectivity index (χ3n) is 7.92. The van der Waals surface area contributed by atoms with Crippen molar-refractivity contribution in [1.82, 2.24) is 0 Å². The van der Waals surface area contributed by atoms with Gasteiger partial charge in [0.05, 0.1) is 26.4 Å². The van der Waals surface area contributed by atoms with Crippen molar-refractivity contribution in [1.29, 1.82) is 0 Å². The molecule has 9 heteroatoms. The third kappa shape index (κ3) is 5.96. The maximum absolute atomic E-state index is 14.1. The number of allylic oxidation sites excluding steroid dienone is 4. The van der Waals surface area contributed by atoms with Crippen LogP contribution in [0.1, 0.15) is 75.9 Å². The molecule has 0 heterocycles. The predicted molar refractivity (Wildman–Crippen MR) is 163 cm³/mol. The Morgan fingerprint density at radius 2 is 1.05 bits per heavy atom. The lowest BCUT2D eigenvalue weighted by molar-refractivity contribution is -0.204. The van der Waals surface area contributed by atoms with E-state index in [-0.39, 0.29) is 32.2 Å². The highest BCUT2D eigenvalue weighted by atomic mass is 16.6. The minimum Gasteiger partial charge on any atom is -0.465 e. The number of rotatable bonds is 11. The highest BCUT2D eigenvalue weighted by molar-refractivity contribution is 6.16. The molecule has 9 nitrogen and oxygen atoms in total. The molecule has 1 aliphatic rings. The first kappa shape index (κ1) is 34.0. The Bertz CT molecular complexity index is 1430. The summed E-state index contributed by atoms with van der Waals surface area (Å²) in [6, 6.07) is 15.8. The van der Waals surface area contributed by atoms with Gasteiger partial charge in [-0.05, 0) is 63.8 Å². The van der Waals surface area contributed by atoms with Gasteiger partial charge < -0.3 is 18.9 Å². The van der Waals surface area contributed by atoms with E-state index < -0.39 is 47.5 Å². The number of benzene rings is 2. The molecule has 234 valence electrons. The van der Waals surface area contributed by atoms with E-state index in [9.17, 15) is 24.0 Å². The number of ether oxygens (including phenoxy) is 4. The van der Waals surface area contributed by atoms with Crippen molar-refractivity contribution in [2.24, 2.45) is 10.8 Å².